The molecule has 0 aliphatic rings. The Bertz CT molecular complexity index is 299. The first-order valence-corrected chi connectivity index (χ1v) is 9.36. The van der Waals surface area contributed by atoms with Crippen LogP contribution < -0.4 is 10.6 Å². The molecule has 2 N–H and O–H groups in total. The molecule has 1 unspecified atom stereocenters. The maximum absolute atomic E-state index is 5.78. The van der Waals surface area contributed by atoms with Gasteiger partial charge in [-0.2, -0.15) is 0 Å². The van der Waals surface area contributed by atoms with Gasteiger partial charge in [0, 0.05) is 40.0 Å². The van der Waals surface area contributed by atoms with Gasteiger partial charge in [-0.25, -0.2) is 0 Å². The van der Waals surface area contributed by atoms with Crippen LogP contribution in [-0.2, 0) is 14.2 Å². The molecule has 24 heavy (non-hydrogen) atoms. The lowest BCUT2D eigenvalue weighted by Crippen LogP contribution is -2.39. The van der Waals surface area contributed by atoms with Crippen molar-refractivity contribution in [2.75, 3.05) is 53.2 Å². The Balaban J connectivity index is 3.93. The maximum Gasteiger partial charge on any atom is 0.191 e. The number of rotatable bonds is 15. The normalized spacial score (nSPS) is 13.3. The van der Waals surface area contributed by atoms with Crippen LogP contribution in [0.1, 0.15) is 47.0 Å². The summed E-state index contributed by atoms with van der Waals surface area (Å²) in [6, 6.07) is 0. The zero-order valence-electron chi connectivity index (χ0n) is 16.4. The molecule has 0 aliphatic heterocycles. The van der Waals surface area contributed by atoms with Crippen LogP contribution in [0.25, 0.3) is 0 Å². The summed E-state index contributed by atoms with van der Waals surface area (Å²) >= 11 is 0. The molecule has 0 fully saturated rings. The minimum Gasteiger partial charge on any atom is -0.382 e. The highest BCUT2D eigenvalue weighted by Gasteiger charge is 2.12. The van der Waals surface area contributed by atoms with Crippen LogP contribution in [0.2, 0.25) is 0 Å². The van der Waals surface area contributed by atoms with E-state index in [0.717, 1.165) is 58.1 Å². The van der Waals surface area contributed by atoms with E-state index in [9.17, 15) is 0 Å². The molecular formula is C18H39N3O3. The molecule has 0 spiro atoms. The van der Waals surface area contributed by atoms with E-state index in [-0.39, 0.29) is 0 Å². The third kappa shape index (κ3) is 13.6. The minimum atomic E-state index is 0.301. The second kappa shape index (κ2) is 17.0. The molecule has 0 aromatic rings. The third-order valence-electron chi connectivity index (χ3n) is 3.59. The van der Waals surface area contributed by atoms with Crippen molar-refractivity contribution in [3.63, 3.8) is 0 Å². The number of aliphatic imine (C=N–C) groups is 1. The summed E-state index contributed by atoms with van der Waals surface area (Å²) in [5.74, 6) is 1.42. The Hall–Kier alpha value is -0.850. The highest BCUT2D eigenvalue weighted by atomic mass is 16.5. The summed E-state index contributed by atoms with van der Waals surface area (Å²) in [6.07, 6.45) is 3.34. The van der Waals surface area contributed by atoms with E-state index in [4.69, 9.17) is 14.2 Å². The molecule has 0 aliphatic carbocycles. The first-order chi connectivity index (χ1) is 11.7. The van der Waals surface area contributed by atoms with Crippen LogP contribution in [0.15, 0.2) is 4.99 Å². The summed E-state index contributed by atoms with van der Waals surface area (Å²) in [5, 5.41) is 6.68. The number of ether oxygens (including phenoxy) is 3. The predicted octanol–water partition coefficient (Wildman–Crippen LogP) is 2.44. The Morgan fingerprint density at radius 2 is 1.83 bits per heavy atom. The van der Waals surface area contributed by atoms with E-state index in [1.54, 1.807) is 7.11 Å². The third-order valence-corrected chi connectivity index (χ3v) is 3.59. The van der Waals surface area contributed by atoms with Crippen LogP contribution in [-0.4, -0.2) is 65.2 Å². The fourth-order valence-electron chi connectivity index (χ4n) is 2.25. The molecule has 0 amide bonds. The summed E-state index contributed by atoms with van der Waals surface area (Å²) < 4.78 is 16.2. The van der Waals surface area contributed by atoms with Gasteiger partial charge >= 0.3 is 0 Å². The van der Waals surface area contributed by atoms with Gasteiger partial charge in [0.25, 0.3) is 0 Å². The quantitative estimate of drug-likeness (QED) is 0.271. The Morgan fingerprint density at radius 3 is 2.46 bits per heavy atom. The van der Waals surface area contributed by atoms with Crippen LogP contribution in [0.5, 0.6) is 0 Å². The Morgan fingerprint density at radius 1 is 1.04 bits per heavy atom. The first kappa shape index (κ1) is 23.1. The number of nitrogens with one attached hydrogen (secondary N) is 2. The highest BCUT2D eigenvalue weighted by Crippen LogP contribution is 2.09. The monoisotopic (exact) mass is 345 g/mol. The smallest absolute Gasteiger partial charge is 0.191 e. The topological polar surface area (TPSA) is 64.1 Å². The van der Waals surface area contributed by atoms with E-state index in [2.05, 4.69) is 36.4 Å². The molecule has 0 saturated heterocycles. The van der Waals surface area contributed by atoms with Gasteiger partial charge in [-0.3, -0.25) is 4.99 Å². The average molecular weight is 346 g/mol. The zero-order valence-corrected chi connectivity index (χ0v) is 16.4. The lowest BCUT2D eigenvalue weighted by atomic mass is 10.0. The van der Waals surface area contributed by atoms with Gasteiger partial charge in [0.2, 0.25) is 0 Å². The summed E-state index contributed by atoms with van der Waals surface area (Å²) in [5.41, 5.74) is 0. The van der Waals surface area contributed by atoms with Crippen LogP contribution in [0.3, 0.4) is 0 Å². The molecule has 0 saturated carbocycles. The fraction of sp³-hybridized carbons (Fsp3) is 0.944. The Labute approximate surface area is 148 Å². The van der Waals surface area contributed by atoms with E-state index in [1.165, 1.54) is 0 Å². The van der Waals surface area contributed by atoms with Crippen molar-refractivity contribution in [2.24, 2.45) is 10.9 Å². The van der Waals surface area contributed by atoms with Crippen LogP contribution in [0, 0.1) is 5.92 Å². The van der Waals surface area contributed by atoms with E-state index < -0.39 is 0 Å². The van der Waals surface area contributed by atoms with E-state index >= 15 is 0 Å². The number of methoxy groups -OCH3 is 1. The van der Waals surface area contributed by atoms with Crippen molar-refractivity contribution in [1.82, 2.24) is 10.6 Å². The molecule has 0 aromatic carbocycles. The molecular weight excluding hydrogens is 306 g/mol. The van der Waals surface area contributed by atoms with Crippen molar-refractivity contribution in [3.8, 4) is 0 Å². The van der Waals surface area contributed by atoms with Crippen molar-refractivity contribution in [3.05, 3.63) is 0 Å². The summed E-state index contributed by atoms with van der Waals surface area (Å²) in [7, 11) is 1.69. The summed E-state index contributed by atoms with van der Waals surface area (Å²) in [4.78, 5) is 4.61. The first-order valence-electron chi connectivity index (χ1n) is 9.36. The van der Waals surface area contributed by atoms with Gasteiger partial charge in [-0.1, -0.05) is 13.8 Å². The van der Waals surface area contributed by atoms with Gasteiger partial charge in [-0.05, 0) is 39.0 Å². The molecule has 0 bridgehead atoms. The van der Waals surface area contributed by atoms with Crippen molar-refractivity contribution < 1.29 is 14.2 Å². The van der Waals surface area contributed by atoms with Gasteiger partial charge in [0.05, 0.1) is 19.3 Å². The standard InChI is InChI=1S/C18H39N3O3/c1-6-19-18(20-11-8-9-13-23-15-14-22-5)21-12-10-17(16(3)4)24-7-2/h16-17H,6-15H2,1-5H3,(H2,19,20,21). The van der Waals surface area contributed by atoms with Gasteiger partial charge in [-0.15, -0.1) is 0 Å². The number of unbranched alkanes of at least 4 members (excludes halogenated alkanes) is 1. The highest BCUT2D eigenvalue weighted by molar-refractivity contribution is 5.79. The zero-order chi connectivity index (χ0) is 18.0. The van der Waals surface area contributed by atoms with Crippen LogP contribution >= 0.6 is 0 Å². The largest absolute Gasteiger partial charge is 0.382 e. The number of hydrogen-bond acceptors (Lipinski definition) is 4. The predicted molar refractivity (Wildman–Crippen MR) is 101 cm³/mol. The molecule has 1 atom stereocenters. The van der Waals surface area contributed by atoms with E-state index in [1.807, 2.05) is 6.92 Å². The molecule has 0 radical (unpaired) electrons. The fourth-order valence-corrected chi connectivity index (χ4v) is 2.25. The van der Waals surface area contributed by atoms with Crippen molar-refractivity contribution in [1.29, 1.82) is 0 Å². The number of hydrogen-bond donors (Lipinski definition) is 2. The lowest BCUT2D eigenvalue weighted by molar-refractivity contribution is 0.0258. The lowest BCUT2D eigenvalue weighted by Gasteiger charge is -2.21. The molecule has 6 nitrogen and oxygen atoms in total. The van der Waals surface area contributed by atoms with Crippen LogP contribution in [0.4, 0.5) is 0 Å². The second-order valence-electron chi connectivity index (χ2n) is 6.03. The number of nitrogens with zero attached hydrogens (tertiary/aromatic N) is 1. The molecule has 0 aromatic heterocycles. The van der Waals surface area contributed by atoms with Crippen molar-refractivity contribution in [2.45, 2.75) is 53.1 Å². The average Bonchev–Trinajstić information content (AvgIpc) is 2.56. The maximum atomic E-state index is 5.78. The second-order valence-corrected chi connectivity index (χ2v) is 6.03. The Kier molecular flexibility index (Phi) is 16.4. The summed E-state index contributed by atoms with van der Waals surface area (Å²) in [6.45, 7) is 13.9. The van der Waals surface area contributed by atoms with Gasteiger partial charge in [0.15, 0.2) is 5.96 Å². The van der Waals surface area contributed by atoms with Gasteiger partial charge in [0.1, 0.15) is 0 Å². The molecule has 144 valence electrons. The number of guanidine groups is 1. The van der Waals surface area contributed by atoms with E-state index in [0.29, 0.717) is 25.2 Å². The van der Waals surface area contributed by atoms with Gasteiger partial charge < -0.3 is 24.8 Å². The molecule has 0 rings (SSSR count). The SMILES string of the molecule is CCNC(=NCCCCOCCOC)NCCC(OCC)C(C)C. The molecule has 6 heteroatoms. The minimum absolute atomic E-state index is 0.301. The van der Waals surface area contributed by atoms with Crippen molar-refractivity contribution >= 4 is 5.96 Å². The molecule has 0 heterocycles.